The van der Waals surface area contributed by atoms with Crippen LogP contribution in [0.15, 0.2) is 0 Å². The van der Waals surface area contributed by atoms with Gasteiger partial charge < -0.3 is 10.1 Å². The van der Waals surface area contributed by atoms with Gasteiger partial charge in [0.15, 0.2) is 0 Å². The van der Waals surface area contributed by atoms with Crippen LogP contribution >= 0.6 is 11.8 Å². The van der Waals surface area contributed by atoms with E-state index in [1.165, 1.54) is 24.1 Å². The summed E-state index contributed by atoms with van der Waals surface area (Å²) in [4.78, 5) is 9.30. The van der Waals surface area contributed by atoms with Crippen molar-refractivity contribution < 1.29 is 4.74 Å². The van der Waals surface area contributed by atoms with Crippen LogP contribution in [-0.2, 0) is 17.6 Å². The highest BCUT2D eigenvalue weighted by Crippen LogP contribution is 2.34. The van der Waals surface area contributed by atoms with E-state index in [-0.39, 0.29) is 0 Å². The van der Waals surface area contributed by atoms with Gasteiger partial charge in [-0.2, -0.15) is 11.8 Å². The minimum absolute atomic E-state index is 0.290. The zero-order chi connectivity index (χ0) is 14.7. The molecule has 1 N–H and O–H groups in total. The molecule has 1 aliphatic carbocycles. The number of hydrogen-bond donors (Lipinski definition) is 1. The molecule has 0 amide bonds. The maximum atomic E-state index is 5.52. The second-order valence-corrected chi connectivity index (χ2v) is 7.38. The number of nitrogens with zero attached hydrogens (tertiary/aromatic N) is 2. The van der Waals surface area contributed by atoms with Gasteiger partial charge in [0.1, 0.15) is 11.6 Å². The van der Waals surface area contributed by atoms with E-state index in [2.05, 4.69) is 21.5 Å². The highest BCUT2D eigenvalue weighted by Gasteiger charge is 2.32. The zero-order valence-corrected chi connectivity index (χ0v) is 13.9. The Balaban J connectivity index is 1.76. The molecule has 116 valence electrons. The van der Waals surface area contributed by atoms with E-state index in [0.29, 0.717) is 4.75 Å². The Kier molecular flexibility index (Phi) is 4.69. The van der Waals surface area contributed by atoms with Crippen LogP contribution in [0.4, 0.5) is 5.82 Å². The molecule has 3 rings (SSSR count). The van der Waals surface area contributed by atoms with Crippen LogP contribution in [-0.4, -0.2) is 40.7 Å². The molecule has 1 aliphatic heterocycles. The Hall–Kier alpha value is -0.810. The summed E-state index contributed by atoms with van der Waals surface area (Å²) in [7, 11) is 0. The van der Waals surface area contributed by atoms with E-state index in [4.69, 9.17) is 4.74 Å². The van der Waals surface area contributed by atoms with E-state index in [9.17, 15) is 0 Å². The fraction of sp³-hybridized carbons (Fsp3) is 0.750. The lowest BCUT2D eigenvalue weighted by Crippen LogP contribution is -2.39. The van der Waals surface area contributed by atoms with Gasteiger partial charge in [0.2, 0.25) is 0 Å². The maximum absolute atomic E-state index is 5.52. The van der Waals surface area contributed by atoms with Gasteiger partial charge in [0.05, 0.1) is 0 Å². The summed E-state index contributed by atoms with van der Waals surface area (Å²) < 4.78 is 5.81. The highest BCUT2D eigenvalue weighted by atomic mass is 32.2. The largest absolute Gasteiger partial charge is 0.381 e. The fourth-order valence-corrected chi connectivity index (χ4v) is 4.10. The monoisotopic (exact) mass is 307 g/mol. The van der Waals surface area contributed by atoms with Crippen LogP contribution in [0.1, 0.15) is 42.8 Å². The average Bonchev–Trinajstić information content (AvgIpc) is 2.53. The van der Waals surface area contributed by atoms with Crippen molar-refractivity contribution in [3.05, 3.63) is 17.1 Å². The Morgan fingerprint density at radius 3 is 2.71 bits per heavy atom. The predicted molar refractivity (Wildman–Crippen MR) is 88.2 cm³/mol. The van der Waals surface area contributed by atoms with Crippen molar-refractivity contribution in [1.29, 1.82) is 0 Å². The van der Waals surface area contributed by atoms with E-state index < -0.39 is 0 Å². The Bertz CT molecular complexity index is 501. The van der Waals surface area contributed by atoms with Gasteiger partial charge in [-0.05, 0) is 51.7 Å². The average molecular weight is 307 g/mol. The van der Waals surface area contributed by atoms with Crippen molar-refractivity contribution >= 4 is 17.6 Å². The normalized spacial score (nSPS) is 20.9. The molecule has 1 fully saturated rings. The van der Waals surface area contributed by atoms with Gasteiger partial charge >= 0.3 is 0 Å². The van der Waals surface area contributed by atoms with E-state index in [0.717, 1.165) is 57.1 Å². The maximum Gasteiger partial charge on any atom is 0.133 e. The van der Waals surface area contributed by atoms with Gasteiger partial charge in [-0.25, -0.2) is 9.97 Å². The van der Waals surface area contributed by atoms with Gasteiger partial charge in [-0.15, -0.1) is 0 Å². The quantitative estimate of drug-likeness (QED) is 0.926. The smallest absolute Gasteiger partial charge is 0.133 e. The van der Waals surface area contributed by atoms with E-state index >= 15 is 0 Å². The number of hydrogen-bond acceptors (Lipinski definition) is 5. The number of nitrogens with one attached hydrogen (secondary N) is 1. The van der Waals surface area contributed by atoms with E-state index in [1.54, 1.807) is 0 Å². The molecule has 2 heterocycles. The lowest BCUT2D eigenvalue weighted by atomic mass is 9.95. The molecule has 5 heteroatoms. The molecule has 21 heavy (non-hydrogen) atoms. The molecule has 0 atom stereocenters. The number of thioether (sulfide) groups is 1. The van der Waals surface area contributed by atoms with Crippen LogP contribution in [0.2, 0.25) is 0 Å². The first-order valence-electron chi connectivity index (χ1n) is 7.96. The summed E-state index contributed by atoms with van der Waals surface area (Å²) >= 11 is 1.97. The molecule has 0 aromatic carbocycles. The fourth-order valence-electron chi connectivity index (χ4n) is 3.30. The molecule has 0 saturated carbocycles. The highest BCUT2D eigenvalue weighted by molar-refractivity contribution is 8.00. The molecule has 0 spiro atoms. The summed E-state index contributed by atoms with van der Waals surface area (Å²) in [6, 6.07) is 0. The number of aryl methyl sites for hydroxylation is 2. The second-order valence-electron chi connectivity index (χ2n) is 6.10. The lowest BCUT2D eigenvalue weighted by Gasteiger charge is -2.36. The van der Waals surface area contributed by atoms with Crippen LogP contribution in [0, 0.1) is 6.92 Å². The predicted octanol–water partition coefficient (Wildman–Crippen LogP) is 2.99. The molecule has 1 aromatic rings. The Labute approximate surface area is 131 Å². The van der Waals surface area contributed by atoms with Gasteiger partial charge in [-0.1, -0.05) is 0 Å². The molecule has 1 saturated heterocycles. The number of fused-ring (bicyclic) bond motifs is 1. The van der Waals surface area contributed by atoms with Crippen molar-refractivity contribution in [3.8, 4) is 0 Å². The summed E-state index contributed by atoms with van der Waals surface area (Å²) in [6.07, 6.45) is 9.20. The zero-order valence-electron chi connectivity index (χ0n) is 13.1. The van der Waals surface area contributed by atoms with Crippen LogP contribution in [0.3, 0.4) is 0 Å². The summed E-state index contributed by atoms with van der Waals surface area (Å²) in [5.41, 5.74) is 2.62. The number of ether oxygens (including phenoxy) is 1. The van der Waals surface area contributed by atoms with Crippen molar-refractivity contribution in [2.24, 2.45) is 0 Å². The first kappa shape index (κ1) is 15.1. The van der Waals surface area contributed by atoms with Gasteiger partial charge in [-0.3, -0.25) is 0 Å². The van der Waals surface area contributed by atoms with Crippen molar-refractivity contribution in [1.82, 2.24) is 9.97 Å². The molecule has 0 radical (unpaired) electrons. The Morgan fingerprint density at radius 1 is 1.19 bits per heavy atom. The van der Waals surface area contributed by atoms with Gasteiger partial charge in [0, 0.05) is 35.8 Å². The molecular formula is C16H25N3OS. The minimum atomic E-state index is 0.290. The van der Waals surface area contributed by atoms with Gasteiger partial charge in [0.25, 0.3) is 0 Å². The molecule has 1 aromatic heterocycles. The summed E-state index contributed by atoms with van der Waals surface area (Å²) in [5, 5.41) is 3.65. The lowest BCUT2D eigenvalue weighted by molar-refractivity contribution is 0.0802. The molecule has 4 nitrogen and oxygen atoms in total. The third kappa shape index (κ3) is 3.34. The van der Waals surface area contributed by atoms with Crippen molar-refractivity contribution in [2.45, 2.75) is 50.2 Å². The molecular weight excluding hydrogens is 282 g/mol. The van der Waals surface area contributed by atoms with Crippen molar-refractivity contribution in [2.75, 3.05) is 31.3 Å². The SMILES string of the molecule is CSC1(CNc2nc(C)nc3c2CCCC3)CCOCC1. The number of anilines is 1. The first-order chi connectivity index (χ1) is 10.2. The summed E-state index contributed by atoms with van der Waals surface area (Å²) in [5.74, 6) is 1.97. The van der Waals surface area contributed by atoms with E-state index in [1.807, 2.05) is 18.7 Å². The standard InChI is InChI=1S/C16H25N3OS/c1-12-18-14-6-4-3-5-13(14)15(19-12)17-11-16(21-2)7-9-20-10-8-16/h3-11H2,1-2H3,(H,17,18,19). The number of aromatic nitrogens is 2. The second kappa shape index (κ2) is 6.53. The molecule has 0 bridgehead atoms. The Morgan fingerprint density at radius 2 is 1.95 bits per heavy atom. The minimum Gasteiger partial charge on any atom is -0.381 e. The van der Waals surface area contributed by atoms with Crippen molar-refractivity contribution in [3.63, 3.8) is 0 Å². The summed E-state index contributed by atoms with van der Waals surface area (Å²) in [6.45, 7) is 4.73. The first-order valence-corrected chi connectivity index (χ1v) is 9.18. The third-order valence-electron chi connectivity index (χ3n) is 4.71. The van der Waals surface area contributed by atoms with Crippen LogP contribution in [0.5, 0.6) is 0 Å². The number of rotatable bonds is 4. The topological polar surface area (TPSA) is 47.0 Å². The van der Waals surface area contributed by atoms with Crippen LogP contribution in [0.25, 0.3) is 0 Å². The molecule has 0 unspecified atom stereocenters. The molecule has 2 aliphatic rings. The third-order valence-corrected chi connectivity index (χ3v) is 6.13. The van der Waals surface area contributed by atoms with Crippen LogP contribution < -0.4 is 5.32 Å².